The SMILES string of the molecule is CC(C)Oc1cnn(Cc2ccc(N)cc2Br)c1. The molecule has 0 radical (unpaired) electrons. The maximum absolute atomic E-state index is 5.71. The zero-order chi connectivity index (χ0) is 13.1. The Morgan fingerprint density at radius 2 is 2.22 bits per heavy atom. The monoisotopic (exact) mass is 309 g/mol. The summed E-state index contributed by atoms with van der Waals surface area (Å²) >= 11 is 3.50. The summed E-state index contributed by atoms with van der Waals surface area (Å²) in [5, 5.41) is 4.27. The average molecular weight is 310 g/mol. The molecular weight excluding hydrogens is 294 g/mol. The minimum atomic E-state index is 0.158. The molecule has 0 bridgehead atoms. The predicted molar refractivity (Wildman–Crippen MR) is 75.6 cm³/mol. The van der Waals surface area contributed by atoms with Crippen LogP contribution in [0.1, 0.15) is 19.4 Å². The molecule has 0 aliphatic carbocycles. The van der Waals surface area contributed by atoms with Crippen molar-refractivity contribution in [1.82, 2.24) is 9.78 Å². The summed E-state index contributed by atoms with van der Waals surface area (Å²) in [7, 11) is 0. The molecule has 18 heavy (non-hydrogen) atoms. The van der Waals surface area contributed by atoms with Gasteiger partial charge in [0.1, 0.15) is 0 Å². The van der Waals surface area contributed by atoms with E-state index in [2.05, 4.69) is 21.0 Å². The molecule has 0 atom stereocenters. The molecule has 0 amide bonds. The van der Waals surface area contributed by atoms with Crippen LogP contribution in [0.15, 0.2) is 35.1 Å². The third kappa shape index (κ3) is 3.26. The molecule has 0 aliphatic rings. The van der Waals surface area contributed by atoms with Crippen molar-refractivity contribution in [2.45, 2.75) is 26.5 Å². The van der Waals surface area contributed by atoms with E-state index in [1.54, 1.807) is 6.20 Å². The van der Waals surface area contributed by atoms with Gasteiger partial charge in [-0.15, -0.1) is 0 Å². The number of ether oxygens (including phenoxy) is 1. The highest BCUT2D eigenvalue weighted by Gasteiger charge is 2.05. The smallest absolute Gasteiger partial charge is 0.157 e. The van der Waals surface area contributed by atoms with E-state index < -0.39 is 0 Å². The minimum absolute atomic E-state index is 0.158. The molecule has 1 aromatic heterocycles. The number of hydrogen-bond acceptors (Lipinski definition) is 3. The van der Waals surface area contributed by atoms with Crippen LogP contribution >= 0.6 is 15.9 Å². The lowest BCUT2D eigenvalue weighted by Gasteiger charge is -2.07. The molecule has 4 nitrogen and oxygen atoms in total. The number of benzene rings is 1. The number of nitrogen functional groups attached to an aromatic ring is 1. The second kappa shape index (κ2) is 5.44. The molecule has 96 valence electrons. The van der Waals surface area contributed by atoms with Gasteiger partial charge in [0, 0.05) is 10.2 Å². The van der Waals surface area contributed by atoms with Crippen molar-refractivity contribution in [2.75, 3.05) is 5.73 Å². The lowest BCUT2D eigenvalue weighted by Crippen LogP contribution is -2.05. The van der Waals surface area contributed by atoms with Crippen LogP contribution in [0, 0.1) is 0 Å². The Kier molecular flexibility index (Phi) is 3.91. The number of hydrogen-bond donors (Lipinski definition) is 1. The van der Waals surface area contributed by atoms with Gasteiger partial charge in [-0.25, -0.2) is 0 Å². The average Bonchev–Trinajstić information content (AvgIpc) is 2.69. The normalized spacial score (nSPS) is 10.9. The van der Waals surface area contributed by atoms with Crippen molar-refractivity contribution in [3.63, 3.8) is 0 Å². The summed E-state index contributed by atoms with van der Waals surface area (Å²) in [6.07, 6.45) is 3.78. The highest BCUT2D eigenvalue weighted by molar-refractivity contribution is 9.10. The first kappa shape index (κ1) is 13.0. The first-order valence-corrected chi connectivity index (χ1v) is 6.57. The van der Waals surface area contributed by atoms with Crippen LogP contribution in [0.5, 0.6) is 5.75 Å². The fourth-order valence-electron chi connectivity index (χ4n) is 1.63. The van der Waals surface area contributed by atoms with Gasteiger partial charge in [0.05, 0.1) is 25.0 Å². The van der Waals surface area contributed by atoms with E-state index in [1.807, 2.05) is 42.9 Å². The summed E-state index contributed by atoms with van der Waals surface area (Å²) in [5.41, 5.74) is 7.58. The molecule has 0 saturated carbocycles. The Bertz CT molecular complexity index is 537. The zero-order valence-corrected chi connectivity index (χ0v) is 12.0. The number of nitrogens with two attached hydrogens (primary N) is 1. The van der Waals surface area contributed by atoms with Gasteiger partial charge in [-0.05, 0) is 31.5 Å². The Balaban J connectivity index is 2.11. The number of aromatic nitrogens is 2. The number of halogens is 1. The van der Waals surface area contributed by atoms with Gasteiger partial charge in [-0.1, -0.05) is 22.0 Å². The van der Waals surface area contributed by atoms with Crippen molar-refractivity contribution >= 4 is 21.6 Å². The molecule has 0 spiro atoms. The number of anilines is 1. The lowest BCUT2D eigenvalue weighted by molar-refractivity contribution is 0.242. The summed E-state index contributed by atoms with van der Waals surface area (Å²) in [5.74, 6) is 0.788. The quantitative estimate of drug-likeness (QED) is 0.883. The van der Waals surface area contributed by atoms with Gasteiger partial charge >= 0.3 is 0 Å². The number of rotatable bonds is 4. The van der Waals surface area contributed by atoms with Crippen molar-refractivity contribution < 1.29 is 4.74 Å². The van der Waals surface area contributed by atoms with Gasteiger partial charge in [0.25, 0.3) is 0 Å². The second-order valence-corrected chi connectivity index (χ2v) is 5.25. The molecule has 1 aromatic carbocycles. The molecular formula is C13H16BrN3O. The summed E-state index contributed by atoms with van der Waals surface area (Å²) < 4.78 is 8.40. The van der Waals surface area contributed by atoms with Crippen LogP contribution in [0.3, 0.4) is 0 Å². The van der Waals surface area contributed by atoms with Gasteiger partial charge in [-0.3, -0.25) is 4.68 Å². The van der Waals surface area contributed by atoms with Crippen LogP contribution in [0.2, 0.25) is 0 Å². The summed E-state index contributed by atoms with van der Waals surface area (Å²) in [6.45, 7) is 4.67. The summed E-state index contributed by atoms with van der Waals surface area (Å²) in [4.78, 5) is 0. The molecule has 2 aromatic rings. The fraction of sp³-hybridized carbons (Fsp3) is 0.308. The van der Waals surface area contributed by atoms with E-state index in [-0.39, 0.29) is 6.10 Å². The third-order valence-corrected chi connectivity index (χ3v) is 3.13. The Morgan fingerprint density at radius 3 is 2.89 bits per heavy atom. The van der Waals surface area contributed by atoms with E-state index >= 15 is 0 Å². The van der Waals surface area contributed by atoms with Gasteiger partial charge < -0.3 is 10.5 Å². The van der Waals surface area contributed by atoms with Crippen LogP contribution in [0.25, 0.3) is 0 Å². The number of nitrogens with zero attached hydrogens (tertiary/aromatic N) is 2. The largest absolute Gasteiger partial charge is 0.488 e. The van der Waals surface area contributed by atoms with Crippen LogP contribution < -0.4 is 10.5 Å². The topological polar surface area (TPSA) is 53.1 Å². The van der Waals surface area contributed by atoms with Gasteiger partial charge in [-0.2, -0.15) is 5.10 Å². The molecule has 2 N–H and O–H groups in total. The zero-order valence-electron chi connectivity index (χ0n) is 10.4. The van der Waals surface area contributed by atoms with E-state index in [0.717, 1.165) is 21.5 Å². The molecule has 0 unspecified atom stereocenters. The third-order valence-electron chi connectivity index (χ3n) is 2.39. The Hall–Kier alpha value is -1.49. The molecule has 5 heteroatoms. The van der Waals surface area contributed by atoms with E-state index in [0.29, 0.717) is 6.54 Å². The van der Waals surface area contributed by atoms with Crippen LogP contribution in [-0.4, -0.2) is 15.9 Å². The fourth-order valence-corrected chi connectivity index (χ4v) is 2.15. The standard InChI is InChI=1S/C13H16BrN3O/c1-9(2)18-12-6-16-17(8-12)7-10-3-4-11(15)5-13(10)14/h3-6,8-9H,7,15H2,1-2H3. The van der Waals surface area contributed by atoms with Gasteiger partial charge in [0.15, 0.2) is 5.75 Å². The van der Waals surface area contributed by atoms with Crippen molar-refractivity contribution in [3.05, 3.63) is 40.6 Å². The maximum atomic E-state index is 5.71. The van der Waals surface area contributed by atoms with Crippen molar-refractivity contribution in [2.24, 2.45) is 0 Å². The highest BCUT2D eigenvalue weighted by Crippen LogP contribution is 2.21. The lowest BCUT2D eigenvalue weighted by atomic mass is 10.2. The van der Waals surface area contributed by atoms with Gasteiger partial charge in [0.2, 0.25) is 0 Å². The second-order valence-electron chi connectivity index (χ2n) is 4.39. The van der Waals surface area contributed by atoms with Crippen molar-refractivity contribution in [3.8, 4) is 5.75 Å². The van der Waals surface area contributed by atoms with E-state index in [1.165, 1.54) is 0 Å². The van der Waals surface area contributed by atoms with Crippen LogP contribution in [-0.2, 0) is 6.54 Å². The molecule has 0 aliphatic heterocycles. The summed E-state index contributed by atoms with van der Waals surface area (Å²) in [6, 6.07) is 5.77. The molecule has 0 saturated heterocycles. The minimum Gasteiger partial charge on any atom is -0.488 e. The molecule has 1 heterocycles. The maximum Gasteiger partial charge on any atom is 0.157 e. The first-order valence-electron chi connectivity index (χ1n) is 5.77. The highest BCUT2D eigenvalue weighted by atomic mass is 79.9. The first-order chi connectivity index (χ1) is 8.54. The molecule has 2 rings (SSSR count). The Morgan fingerprint density at radius 1 is 1.44 bits per heavy atom. The predicted octanol–water partition coefficient (Wildman–Crippen LogP) is 3.06. The van der Waals surface area contributed by atoms with Crippen LogP contribution in [0.4, 0.5) is 5.69 Å². The molecule has 0 fully saturated rings. The Labute approximate surface area is 115 Å². The van der Waals surface area contributed by atoms with E-state index in [9.17, 15) is 0 Å². The van der Waals surface area contributed by atoms with E-state index in [4.69, 9.17) is 10.5 Å². The van der Waals surface area contributed by atoms with Crippen molar-refractivity contribution in [1.29, 1.82) is 0 Å².